The second-order valence-electron chi connectivity index (χ2n) is 3.47. The lowest BCUT2D eigenvalue weighted by Crippen LogP contribution is -2.31. The van der Waals surface area contributed by atoms with Crippen molar-refractivity contribution in [1.29, 1.82) is 0 Å². The number of carbonyl (C=O) groups excluding carboxylic acids is 1. The average Bonchev–Trinajstić information content (AvgIpc) is 2.31. The lowest BCUT2D eigenvalue weighted by Gasteiger charge is -2.20. The molecule has 0 saturated carbocycles. The molecule has 0 radical (unpaired) electrons. The van der Waals surface area contributed by atoms with E-state index in [9.17, 15) is 4.79 Å². The van der Waals surface area contributed by atoms with E-state index >= 15 is 0 Å². The highest BCUT2D eigenvalue weighted by Gasteiger charge is 2.07. The van der Waals surface area contributed by atoms with Gasteiger partial charge in [0.1, 0.15) is 0 Å². The molecule has 0 unspecified atom stereocenters. The summed E-state index contributed by atoms with van der Waals surface area (Å²) in [6, 6.07) is 0. The molecule has 0 aromatic rings. The van der Waals surface area contributed by atoms with Crippen LogP contribution in [0.1, 0.15) is 19.3 Å². The smallest absolute Gasteiger partial charge is 0.306 e. The first-order valence-corrected chi connectivity index (χ1v) is 5.46. The molecule has 92 valence electrons. The largest absolute Gasteiger partial charge is 0.469 e. The van der Waals surface area contributed by atoms with Crippen LogP contribution in [0, 0.1) is 12.3 Å². The Bertz CT molecular complexity index is 223. The Hall–Kier alpha value is -1.05. The van der Waals surface area contributed by atoms with Gasteiger partial charge in [0, 0.05) is 26.6 Å². The van der Waals surface area contributed by atoms with Gasteiger partial charge < -0.3 is 14.4 Å². The number of rotatable bonds is 9. The minimum absolute atomic E-state index is 0.181. The molecule has 0 aromatic heterocycles. The number of nitrogens with zero attached hydrogens (tertiary/aromatic N) is 1. The van der Waals surface area contributed by atoms with Gasteiger partial charge in [-0.05, 0) is 13.0 Å². The van der Waals surface area contributed by atoms with E-state index in [2.05, 4.69) is 15.6 Å². The topological polar surface area (TPSA) is 38.8 Å². The molecule has 0 amide bonds. The van der Waals surface area contributed by atoms with E-state index in [0.29, 0.717) is 19.6 Å². The first-order valence-electron chi connectivity index (χ1n) is 5.46. The van der Waals surface area contributed by atoms with Crippen LogP contribution in [0.25, 0.3) is 0 Å². The molecule has 0 heterocycles. The van der Waals surface area contributed by atoms with Crippen LogP contribution in [0.5, 0.6) is 0 Å². The third kappa shape index (κ3) is 8.27. The molecule has 0 fully saturated rings. The van der Waals surface area contributed by atoms with Gasteiger partial charge in [-0.1, -0.05) is 0 Å². The zero-order valence-corrected chi connectivity index (χ0v) is 10.2. The molecule has 0 aliphatic rings. The molecule has 0 aliphatic carbocycles. The highest BCUT2D eigenvalue weighted by atomic mass is 16.5. The fraction of sp³-hybridized carbons (Fsp3) is 0.750. The van der Waals surface area contributed by atoms with E-state index in [1.54, 1.807) is 7.11 Å². The van der Waals surface area contributed by atoms with Crippen molar-refractivity contribution in [2.24, 2.45) is 0 Å². The van der Waals surface area contributed by atoms with Gasteiger partial charge in [-0.15, -0.1) is 12.3 Å². The molecular formula is C12H21NO3. The molecule has 0 spiro atoms. The number of methoxy groups -OCH3 is 2. The van der Waals surface area contributed by atoms with Crippen LogP contribution in [-0.2, 0) is 14.3 Å². The predicted molar refractivity (Wildman–Crippen MR) is 63.0 cm³/mol. The highest BCUT2D eigenvalue weighted by Crippen LogP contribution is 1.98. The fourth-order valence-corrected chi connectivity index (χ4v) is 1.31. The molecule has 4 heteroatoms. The minimum Gasteiger partial charge on any atom is -0.469 e. The van der Waals surface area contributed by atoms with Crippen molar-refractivity contribution in [3.63, 3.8) is 0 Å². The molecule has 0 rings (SSSR count). The van der Waals surface area contributed by atoms with Crippen molar-refractivity contribution in [3.05, 3.63) is 0 Å². The van der Waals surface area contributed by atoms with Gasteiger partial charge in [0.05, 0.1) is 20.1 Å². The summed E-state index contributed by atoms with van der Waals surface area (Å²) in [6.07, 6.45) is 7.32. The summed E-state index contributed by atoms with van der Waals surface area (Å²) in [5.74, 6) is 2.42. The number of esters is 1. The Balaban J connectivity index is 3.80. The SMILES string of the molecule is C#CCCCN(CCOC)CCC(=O)OC. The molecule has 0 N–H and O–H groups in total. The van der Waals surface area contributed by atoms with Gasteiger partial charge in [0.25, 0.3) is 0 Å². The maximum absolute atomic E-state index is 11.0. The molecule has 0 aliphatic heterocycles. The molecule has 4 nitrogen and oxygen atoms in total. The monoisotopic (exact) mass is 227 g/mol. The zero-order valence-electron chi connectivity index (χ0n) is 10.2. The number of unbranched alkanes of at least 4 members (excludes halogenated alkanes) is 1. The van der Waals surface area contributed by atoms with Crippen LogP contribution in [0.2, 0.25) is 0 Å². The quantitative estimate of drug-likeness (QED) is 0.333. The van der Waals surface area contributed by atoms with Crippen molar-refractivity contribution in [3.8, 4) is 12.3 Å². The fourth-order valence-electron chi connectivity index (χ4n) is 1.31. The van der Waals surface area contributed by atoms with Crippen LogP contribution >= 0.6 is 0 Å². The second-order valence-corrected chi connectivity index (χ2v) is 3.47. The summed E-state index contributed by atoms with van der Waals surface area (Å²) in [5, 5.41) is 0. The second kappa shape index (κ2) is 10.5. The molecule has 0 atom stereocenters. The Kier molecular flexibility index (Phi) is 9.78. The van der Waals surface area contributed by atoms with E-state index in [0.717, 1.165) is 25.9 Å². The standard InChI is InChI=1S/C12H21NO3/c1-4-5-6-8-13(10-11-15-2)9-7-12(14)16-3/h1H,5-11H2,2-3H3. The maximum atomic E-state index is 11.0. The molecule has 0 saturated heterocycles. The van der Waals surface area contributed by atoms with Crippen molar-refractivity contribution in [2.75, 3.05) is 40.5 Å². The van der Waals surface area contributed by atoms with Gasteiger partial charge in [0.2, 0.25) is 0 Å². The normalized spacial score (nSPS) is 10.1. The Morgan fingerprint density at radius 2 is 2.06 bits per heavy atom. The zero-order chi connectivity index (χ0) is 12.2. The molecular weight excluding hydrogens is 206 g/mol. The molecule has 0 bridgehead atoms. The number of terminal acetylenes is 1. The lowest BCUT2D eigenvalue weighted by atomic mass is 10.3. The Morgan fingerprint density at radius 1 is 1.31 bits per heavy atom. The minimum atomic E-state index is -0.181. The van der Waals surface area contributed by atoms with Gasteiger partial charge in [0.15, 0.2) is 0 Å². The average molecular weight is 227 g/mol. The van der Waals surface area contributed by atoms with Gasteiger partial charge in [-0.2, -0.15) is 0 Å². The summed E-state index contributed by atoms with van der Waals surface area (Å²) in [4.78, 5) is 13.2. The van der Waals surface area contributed by atoms with E-state index in [1.165, 1.54) is 7.11 Å². The van der Waals surface area contributed by atoms with Crippen LogP contribution in [0.4, 0.5) is 0 Å². The van der Waals surface area contributed by atoms with Crippen molar-refractivity contribution >= 4 is 5.97 Å². The highest BCUT2D eigenvalue weighted by molar-refractivity contribution is 5.69. The van der Waals surface area contributed by atoms with Crippen LogP contribution < -0.4 is 0 Å². The summed E-state index contributed by atoms with van der Waals surface area (Å²) in [7, 11) is 3.07. The maximum Gasteiger partial charge on any atom is 0.306 e. The van der Waals surface area contributed by atoms with Gasteiger partial charge in [-0.25, -0.2) is 0 Å². The number of hydrogen-bond donors (Lipinski definition) is 0. The number of ether oxygens (including phenoxy) is 2. The Morgan fingerprint density at radius 3 is 2.62 bits per heavy atom. The van der Waals surface area contributed by atoms with Crippen LogP contribution in [0.3, 0.4) is 0 Å². The van der Waals surface area contributed by atoms with Gasteiger partial charge in [-0.3, -0.25) is 4.79 Å². The van der Waals surface area contributed by atoms with Crippen LogP contribution in [0.15, 0.2) is 0 Å². The third-order valence-corrected chi connectivity index (χ3v) is 2.27. The third-order valence-electron chi connectivity index (χ3n) is 2.27. The predicted octanol–water partition coefficient (Wildman–Crippen LogP) is 0.911. The van der Waals surface area contributed by atoms with E-state index < -0.39 is 0 Å². The van der Waals surface area contributed by atoms with Crippen molar-refractivity contribution < 1.29 is 14.3 Å². The van der Waals surface area contributed by atoms with E-state index in [4.69, 9.17) is 11.2 Å². The van der Waals surface area contributed by atoms with E-state index in [1.807, 2.05) is 0 Å². The summed E-state index contributed by atoms with van der Waals surface area (Å²) in [5.41, 5.74) is 0. The first kappa shape index (κ1) is 14.9. The first-order chi connectivity index (χ1) is 7.74. The van der Waals surface area contributed by atoms with E-state index in [-0.39, 0.29) is 5.97 Å². The van der Waals surface area contributed by atoms with Gasteiger partial charge >= 0.3 is 5.97 Å². The Labute approximate surface area is 97.9 Å². The number of carbonyl (C=O) groups is 1. The van der Waals surface area contributed by atoms with Crippen molar-refractivity contribution in [2.45, 2.75) is 19.3 Å². The lowest BCUT2D eigenvalue weighted by molar-refractivity contribution is -0.141. The summed E-state index contributed by atoms with van der Waals surface area (Å²) in [6.45, 7) is 3.07. The summed E-state index contributed by atoms with van der Waals surface area (Å²) >= 11 is 0. The summed E-state index contributed by atoms with van der Waals surface area (Å²) < 4.78 is 9.62. The molecule has 16 heavy (non-hydrogen) atoms. The van der Waals surface area contributed by atoms with Crippen LogP contribution in [-0.4, -0.2) is 51.3 Å². The number of hydrogen-bond acceptors (Lipinski definition) is 4. The van der Waals surface area contributed by atoms with Crippen molar-refractivity contribution in [1.82, 2.24) is 4.90 Å². The molecule has 0 aromatic carbocycles.